The number of aromatic amines is 2. The molecule has 0 bridgehead atoms. The highest BCUT2D eigenvalue weighted by Gasteiger charge is 2.45. The number of carbonyl (C=O) groups excluding carboxylic acids is 1. The molecule has 3 rings (SSSR count). The number of nitrogens with one attached hydrogen (secondary N) is 3. The van der Waals surface area contributed by atoms with Gasteiger partial charge in [0.15, 0.2) is 0 Å². The van der Waals surface area contributed by atoms with Crippen LogP contribution in [-0.2, 0) is 11.3 Å². The Morgan fingerprint density at radius 3 is 3.17 bits per heavy atom. The molecule has 0 unspecified atom stereocenters. The van der Waals surface area contributed by atoms with E-state index < -0.39 is 0 Å². The van der Waals surface area contributed by atoms with Gasteiger partial charge in [0.05, 0.1) is 12.8 Å². The van der Waals surface area contributed by atoms with E-state index in [1.165, 1.54) is 0 Å². The number of furan rings is 1. The Labute approximate surface area is 102 Å². The zero-order valence-corrected chi connectivity index (χ0v) is 9.47. The molecule has 1 aliphatic carbocycles. The lowest BCUT2D eigenvalue weighted by Gasteiger charge is -2.01. The molecule has 94 valence electrons. The van der Waals surface area contributed by atoms with Crippen LogP contribution in [0.2, 0.25) is 0 Å². The Kier molecular flexibility index (Phi) is 2.51. The molecule has 1 saturated carbocycles. The molecule has 1 amide bonds. The molecular formula is C11H12N4O3. The van der Waals surface area contributed by atoms with Gasteiger partial charge in [0.25, 0.3) is 0 Å². The Bertz CT molecular complexity index is 598. The van der Waals surface area contributed by atoms with E-state index >= 15 is 0 Å². The fraction of sp³-hybridized carbons (Fsp3) is 0.364. The predicted molar refractivity (Wildman–Crippen MR) is 60.6 cm³/mol. The van der Waals surface area contributed by atoms with Crippen molar-refractivity contribution >= 4 is 5.91 Å². The molecule has 7 heteroatoms. The Balaban J connectivity index is 1.53. The van der Waals surface area contributed by atoms with E-state index in [4.69, 9.17) is 4.42 Å². The van der Waals surface area contributed by atoms with Crippen molar-refractivity contribution in [2.45, 2.75) is 18.9 Å². The summed E-state index contributed by atoms with van der Waals surface area (Å²) in [4.78, 5) is 25.1. The van der Waals surface area contributed by atoms with E-state index in [0.29, 0.717) is 5.82 Å². The summed E-state index contributed by atoms with van der Waals surface area (Å²) in [6.07, 6.45) is 2.41. The molecule has 3 N–H and O–H groups in total. The second kappa shape index (κ2) is 4.17. The van der Waals surface area contributed by atoms with Gasteiger partial charge in [-0.05, 0) is 18.6 Å². The van der Waals surface area contributed by atoms with E-state index in [1.54, 1.807) is 6.26 Å². The minimum atomic E-state index is -0.376. The molecule has 0 radical (unpaired) electrons. The first kappa shape index (κ1) is 10.8. The minimum Gasteiger partial charge on any atom is -0.469 e. The smallest absolute Gasteiger partial charge is 0.340 e. The highest BCUT2D eigenvalue weighted by molar-refractivity contribution is 5.82. The summed E-state index contributed by atoms with van der Waals surface area (Å²) in [6.45, 7) is 0.221. The van der Waals surface area contributed by atoms with Crippen molar-refractivity contribution < 1.29 is 9.21 Å². The van der Waals surface area contributed by atoms with Gasteiger partial charge < -0.3 is 9.73 Å². The van der Waals surface area contributed by atoms with Crippen LogP contribution in [0.15, 0.2) is 27.6 Å². The molecule has 1 fully saturated rings. The first-order valence-electron chi connectivity index (χ1n) is 5.68. The third-order valence-electron chi connectivity index (χ3n) is 3.02. The largest absolute Gasteiger partial charge is 0.469 e. The Morgan fingerprint density at radius 1 is 1.61 bits per heavy atom. The summed E-state index contributed by atoms with van der Waals surface area (Å²) >= 11 is 0. The maximum atomic E-state index is 11.8. The van der Waals surface area contributed by atoms with Gasteiger partial charge in [-0.1, -0.05) is 0 Å². The summed E-state index contributed by atoms with van der Waals surface area (Å²) in [6, 6.07) is 3.69. The number of hydrogen-bond donors (Lipinski definition) is 3. The third kappa shape index (κ3) is 2.06. The van der Waals surface area contributed by atoms with E-state index in [9.17, 15) is 9.59 Å². The fourth-order valence-corrected chi connectivity index (χ4v) is 1.99. The standard InChI is InChI=1S/C11H12N4O3/c16-10(12-5-9-13-11(17)15-14-9)7-4-6(7)8-2-1-3-18-8/h1-3,6-7H,4-5H2,(H,12,16)(H2,13,14,15,17)/t6-,7-/m1/s1. The average Bonchev–Trinajstić information content (AvgIpc) is 2.79. The normalized spacial score (nSPS) is 21.8. The summed E-state index contributed by atoms with van der Waals surface area (Å²) in [5, 5.41) is 8.68. The van der Waals surface area contributed by atoms with Crippen LogP contribution in [0, 0.1) is 5.92 Å². The van der Waals surface area contributed by atoms with Crippen molar-refractivity contribution in [3.05, 3.63) is 40.5 Å². The lowest BCUT2D eigenvalue weighted by Crippen LogP contribution is -2.25. The number of rotatable bonds is 4. The Morgan fingerprint density at radius 2 is 2.50 bits per heavy atom. The number of hydrogen-bond acceptors (Lipinski definition) is 4. The molecule has 7 nitrogen and oxygen atoms in total. The van der Waals surface area contributed by atoms with Crippen molar-refractivity contribution in [2.75, 3.05) is 0 Å². The van der Waals surface area contributed by atoms with Crippen molar-refractivity contribution in [3.8, 4) is 0 Å². The third-order valence-corrected chi connectivity index (χ3v) is 3.02. The molecular weight excluding hydrogens is 236 g/mol. The van der Waals surface area contributed by atoms with Crippen molar-refractivity contribution in [1.82, 2.24) is 20.5 Å². The Hall–Kier alpha value is -2.31. The molecule has 0 aliphatic heterocycles. The van der Waals surface area contributed by atoms with Crippen LogP contribution in [0.1, 0.15) is 23.9 Å². The maximum Gasteiger partial charge on any atom is 0.340 e. The van der Waals surface area contributed by atoms with E-state index in [0.717, 1.165) is 12.2 Å². The van der Waals surface area contributed by atoms with Gasteiger partial charge >= 0.3 is 5.69 Å². The topological polar surface area (TPSA) is 104 Å². The van der Waals surface area contributed by atoms with Crippen LogP contribution in [0.4, 0.5) is 0 Å². The molecule has 2 atom stereocenters. The highest BCUT2D eigenvalue weighted by atomic mass is 16.3. The van der Waals surface area contributed by atoms with Gasteiger partial charge in [-0.15, -0.1) is 0 Å². The van der Waals surface area contributed by atoms with E-state index in [-0.39, 0.29) is 30.0 Å². The van der Waals surface area contributed by atoms with Gasteiger partial charge in [-0.2, -0.15) is 5.10 Å². The maximum absolute atomic E-state index is 11.8. The number of amides is 1. The lowest BCUT2D eigenvalue weighted by atomic mass is 10.2. The molecule has 2 aromatic rings. The van der Waals surface area contributed by atoms with Gasteiger partial charge in [-0.25, -0.2) is 9.89 Å². The van der Waals surface area contributed by atoms with Gasteiger partial charge in [0.2, 0.25) is 5.91 Å². The number of H-pyrrole nitrogens is 2. The highest BCUT2D eigenvalue weighted by Crippen LogP contribution is 2.47. The minimum absolute atomic E-state index is 0.0400. The van der Waals surface area contributed by atoms with Gasteiger partial charge in [0, 0.05) is 11.8 Å². The second-order valence-corrected chi connectivity index (χ2v) is 4.31. The molecule has 18 heavy (non-hydrogen) atoms. The van der Waals surface area contributed by atoms with E-state index in [2.05, 4.69) is 20.5 Å². The van der Waals surface area contributed by atoms with E-state index in [1.807, 2.05) is 12.1 Å². The molecule has 2 aromatic heterocycles. The number of nitrogens with zero attached hydrogens (tertiary/aromatic N) is 1. The molecule has 0 aromatic carbocycles. The first-order chi connectivity index (χ1) is 8.74. The summed E-state index contributed by atoms with van der Waals surface area (Å²) in [7, 11) is 0. The van der Waals surface area contributed by atoms with Crippen LogP contribution in [0.3, 0.4) is 0 Å². The monoisotopic (exact) mass is 248 g/mol. The fourth-order valence-electron chi connectivity index (χ4n) is 1.99. The molecule has 2 heterocycles. The zero-order chi connectivity index (χ0) is 12.5. The molecule has 0 spiro atoms. The van der Waals surface area contributed by atoms with Gasteiger partial charge in [-0.3, -0.25) is 9.78 Å². The summed E-state index contributed by atoms with van der Waals surface area (Å²) in [5.74, 6) is 1.37. The predicted octanol–water partition coefficient (Wildman–Crippen LogP) is 0.111. The first-order valence-corrected chi connectivity index (χ1v) is 5.68. The van der Waals surface area contributed by atoms with Crippen molar-refractivity contribution in [1.29, 1.82) is 0 Å². The van der Waals surface area contributed by atoms with Crippen LogP contribution >= 0.6 is 0 Å². The van der Waals surface area contributed by atoms with Crippen LogP contribution in [0.5, 0.6) is 0 Å². The van der Waals surface area contributed by atoms with Crippen LogP contribution in [0.25, 0.3) is 0 Å². The quantitative estimate of drug-likeness (QED) is 0.714. The van der Waals surface area contributed by atoms with Crippen molar-refractivity contribution in [3.63, 3.8) is 0 Å². The number of carbonyl (C=O) groups is 1. The lowest BCUT2D eigenvalue weighted by molar-refractivity contribution is -0.122. The van der Waals surface area contributed by atoms with Crippen LogP contribution < -0.4 is 11.0 Å². The SMILES string of the molecule is O=C(NCc1n[nH]c(=O)[nH]1)[C@@H]1C[C@H]1c1ccco1. The molecule has 0 saturated heterocycles. The molecule has 1 aliphatic rings. The number of aromatic nitrogens is 3. The second-order valence-electron chi connectivity index (χ2n) is 4.31. The average molecular weight is 248 g/mol. The summed E-state index contributed by atoms with van der Waals surface area (Å²) < 4.78 is 5.26. The zero-order valence-electron chi connectivity index (χ0n) is 9.47. The summed E-state index contributed by atoms with van der Waals surface area (Å²) in [5.41, 5.74) is -0.376. The van der Waals surface area contributed by atoms with Crippen molar-refractivity contribution in [2.24, 2.45) is 5.92 Å². The van der Waals surface area contributed by atoms with Gasteiger partial charge in [0.1, 0.15) is 11.6 Å². The van der Waals surface area contributed by atoms with Crippen LogP contribution in [-0.4, -0.2) is 21.1 Å².